The molecule has 1 unspecified atom stereocenters. The largest absolute Gasteiger partial charge is 0.369 e. The molecule has 1 aliphatic rings. The second-order valence-electron chi connectivity index (χ2n) is 5.08. The van der Waals surface area contributed by atoms with E-state index in [2.05, 4.69) is 16.3 Å². The highest BCUT2D eigenvalue weighted by Crippen LogP contribution is 2.35. The van der Waals surface area contributed by atoms with Crippen LogP contribution in [0.5, 0.6) is 0 Å². The van der Waals surface area contributed by atoms with E-state index in [9.17, 15) is 10.1 Å². The van der Waals surface area contributed by atoms with Gasteiger partial charge in [-0.3, -0.25) is 4.79 Å². The number of halogens is 1. The van der Waals surface area contributed by atoms with Gasteiger partial charge in [0.05, 0.1) is 16.7 Å². The summed E-state index contributed by atoms with van der Waals surface area (Å²) in [7, 11) is 1.65. The normalized spacial score (nSPS) is 22.1. The molecule has 4 nitrogen and oxygen atoms in total. The number of nitrogens with one attached hydrogen (secondary N) is 1. The van der Waals surface area contributed by atoms with Gasteiger partial charge in [-0.2, -0.15) is 5.26 Å². The number of carbonyl (C=O) groups is 1. The monoisotopic (exact) mass is 277 g/mol. The predicted molar refractivity (Wildman–Crippen MR) is 75.2 cm³/mol. The third-order valence-corrected chi connectivity index (χ3v) is 3.90. The maximum atomic E-state index is 11.9. The van der Waals surface area contributed by atoms with E-state index in [1.165, 1.54) is 0 Å². The second-order valence-corrected chi connectivity index (χ2v) is 5.52. The Morgan fingerprint density at radius 3 is 2.95 bits per heavy atom. The standard InChI is InChI=1S/C14H16ClN3O/c1-14(13(19)17-2)5-6-18(9-14)12-4-3-11(15)7-10(12)8-16/h3-4,7H,5-6,9H2,1-2H3,(H,17,19). The van der Waals surface area contributed by atoms with Crippen molar-refractivity contribution in [3.63, 3.8) is 0 Å². The number of anilines is 1. The average molecular weight is 278 g/mol. The number of carbonyl (C=O) groups excluding carboxylic acids is 1. The lowest BCUT2D eigenvalue weighted by molar-refractivity contribution is -0.128. The van der Waals surface area contributed by atoms with Gasteiger partial charge in [-0.25, -0.2) is 0 Å². The quantitative estimate of drug-likeness (QED) is 0.901. The summed E-state index contributed by atoms with van der Waals surface area (Å²) >= 11 is 5.90. The van der Waals surface area contributed by atoms with Crippen LogP contribution in [0.25, 0.3) is 0 Å². The van der Waals surface area contributed by atoms with Crippen LogP contribution in [-0.2, 0) is 4.79 Å². The maximum Gasteiger partial charge on any atom is 0.227 e. The van der Waals surface area contributed by atoms with Crippen LogP contribution in [0.1, 0.15) is 18.9 Å². The van der Waals surface area contributed by atoms with Crippen molar-refractivity contribution < 1.29 is 4.79 Å². The maximum absolute atomic E-state index is 11.9. The van der Waals surface area contributed by atoms with Crippen LogP contribution in [0.4, 0.5) is 5.69 Å². The smallest absolute Gasteiger partial charge is 0.227 e. The van der Waals surface area contributed by atoms with E-state index in [-0.39, 0.29) is 5.91 Å². The number of benzene rings is 1. The molecule has 0 aliphatic carbocycles. The third kappa shape index (κ3) is 2.52. The molecule has 1 heterocycles. The van der Waals surface area contributed by atoms with Crippen molar-refractivity contribution in [2.24, 2.45) is 5.41 Å². The lowest BCUT2D eigenvalue weighted by Gasteiger charge is -2.24. The molecule has 1 aromatic rings. The summed E-state index contributed by atoms with van der Waals surface area (Å²) in [6, 6.07) is 7.43. The number of amides is 1. The lowest BCUT2D eigenvalue weighted by atomic mass is 9.89. The van der Waals surface area contributed by atoms with Gasteiger partial charge in [-0.15, -0.1) is 0 Å². The zero-order chi connectivity index (χ0) is 14.0. The minimum atomic E-state index is -0.402. The van der Waals surface area contributed by atoms with Crippen LogP contribution in [0.3, 0.4) is 0 Å². The highest BCUT2D eigenvalue weighted by molar-refractivity contribution is 6.30. The van der Waals surface area contributed by atoms with Crippen molar-refractivity contribution in [2.75, 3.05) is 25.0 Å². The zero-order valence-electron chi connectivity index (χ0n) is 11.0. The van der Waals surface area contributed by atoms with Crippen LogP contribution >= 0.6 is 11.6 Å². The SMILES string of the molecule is CNC(=O)C1(C)CCN(c2ccc(Cl)cc2C#N)C1. The Morgan fingerprint density at radius 1 is 1.58 bits per heavy atom. The molecule has 0 radical (unpaired) electrons. The Morgan fingerprint density at radius 2 is 2.32 bits per heavy atom. The molecular formula is C14H16ClN3O. The van der Waals surface area contributed by atoms with Crippen molar-refractivity contribution in [3.8, 4) is 6.07 Å². The minimum absolute atomic E-state index is 0.0440. The molecule has 0 bridgehead atoms. The predicted octanol–water partition coefficient (Wildman–Crippen LogP) is 2.17. The van der Waals surface area contributed by atoms with Crippen LogP contribution in [0.2, 0.25) is 5.02 Å². The average Bonchev–Trinajstić information content (AvgIpc) is 2.81. The van der Waals surface area contributed by atoms with Gasteiger partial charge in [-0.05, 0) is 31.5 Å². The summed E-state index contributed by atoms with van der Waals surface area (Å²) in [5, 5.41) is 12.4. The molecule has 1 amide bonds. The number of hydrogen-bond donors (Lipinski definition) is 1. The molecule has 0 spiro atoms. The molecule has 1 fully saturated rings. The molecule has 0 aromatic heterocycles. The third-order valence-electron chi connectivity index (χ3n) is 3.67. The highest BCUT2D eigenvalue weighted by atomic mass is 35.5. The number of rotatable bonds is 2. The minimum Gasteiger partial charge on any atom is -0.369 e. The Hall–Kier alpha value is -1.73. The van der Waals surface area contributed by atoms with E-state index in [0.29, 0.717) is 17.1 Å². The van der Waals surface area contributed by atoms with E-state index < -0.39 is 5.41 Å². The number of hydrogen-bond acceptors (Lipinski definition) is 3. The first-order chi connectivity index (χ1) is 9.00. The molecule has 0 saturated carbocycles. The summed E-state index contributed by atoms with van der Waals surface area (Å²) in [6.45, 7) is 3.33. The Balaban J connectivity index is 2.27. The summed E-state index contributed by atoms with van der Waals surface area (Å²) < 4.78 is 0. The highest BCUT2D eigenvalue weighted by Gasteiger charge is 2.40. The fourth-order valence-electron chi connectivity index (χ4n) is 2.53. The van der Waals surface area contributed by atoms with Gasteiger partial charge in [0.25, 0.3) is 0 Å². The van der Waals surface area contributed by atoms with Crippen molar-refractivity contribution in [1.29, 1.82) is 5.26 Å². The molecule has 1 saturated heterocycles. The molecule has 1 aliphatic heterocycles. The summed E-state index contributed by atoms with van der Waals surface area (Å²) in [5.41, 5.74) is 0.995. The van der Waals surface area contributed by atoms with E-state index in [1.807, 2.05) is 13.0 Å². The Bertz CT molecular complexity index is 552. The fraction of sp³-hybridized carbons (Fsp3) is 0.429. The zero-order valence-corrected chi connectivity index (χ0v) is 11.8. The molecule has 5 heteroatoms. The first-order valence-corrected chi connectivity index (χ1v) is 6.55. The van der Waals surface area contributed by atoms with Gasteiger partial charge in [-0.1, -0.05) is 11.6 Å². The van der Waals surface area contributed by atoms with E-state index in [0.717, 1.165) is 18.7 Å². The molecule has 1 N–H and O–H groups in total. The topological polar surface area (TPSA) is 56.1 Å². The lowest BCUT2D eigenvalue weighted by Crippen LogP contribution is -2.39. The summed E-state index contributed by atoms with van der Waals surface area (Å²) in [4.78, 5) is 14.0. The Kier molecular flexibility index (Phi) is 3.68. The van der Waals surface area contributed by atoms with E-state index in [1.54, 1.807) is 19.2 Å². The molecule has 19 heavy (non-hydrogen) atoms. The van der Waals surface area contributed by atoms with Crippen LogP contribution in [-0.4, -0.2) is 26.0 Å². The molecular weight excluding hydrogens is 262 g/mol. The van der Waals surface area contributed by atoms with Crippen molar-refractivity contribution in [1.82, 2.24) is 5.32 Å². The number of nitriles is 1. The van der Waals surface area contributed by atoms with E-state index >= 15 is 0 Å². The molecule has 1 aromatic carbocycles. The first kappa shape index (κ1) is 13.7. The van der Waals surface area contributed by atoms with E-state index in [4.69, 9.17) is 11.6 Å². The van der Waals surface area contributed by atoms with Crippen molar-refractivity contribution >= 4 is 23.2 Å². The van der Waals surface area contributed by atoms with Crippen molar-refractivity contribution in [2.45, 2.75) is 13.3 Å². The molecule has 2 rings (SSSR count). The van der Waals surface area contributed by atoms with Gasteiger partial charge >= 0.3 is 0 Å². The second kappa shape index (κ2) is 5.10. The molecule has 100 valence electrons. The van der Waals surface area contributed by atoms with Crippen molar-refractivity contribution in [3.05, 3.63) is 28.8 Å². The van der Waals surface area contributed by atoms with Gasteiger partial charge in [0.1, 0.15) is 6.07 Å². The van der Waals surface area contributed by atoms with Gasteiger partial charge in [0.2, 0.25) is 5.91 Å². The summed E-state index contributed by atoms with van der Waals surface area (Å²) in [5.74, 6) is 0.0440. The first-order valence-electron chi connectivity index (χ1n) is 6.17. The van der Waals surface area contributed by atoms with Gasteiger partial charge < -0.3 is 10.2 Å². The van der Waals surface area contributed by atoms with Crippen LogP contribution < -0.4 is 10.2 Å². The van der Waals surface area contributed by atoms with Crippen LogP contribution in [0.15, 0.2) is 18.2 Å². The summed E-state index contributed by atoms with van der Waals surface area (Å²) in [6.07, 6.45) is 0.778. The van der Waals surface area contributed by atoms with Crippen LogP contribution in [0, 0.1) is 16.7 Å². The van der Waals surface area contributed by atoms with Gasteiger partial charge in [0.15, 0.2) is 0 Å². The Labute approximate surface area is 118 Å². The fourth-order valence-corrected chi connectivity index (χ4v) is 2.70. The molecule has 1 atom stereocenters. The van der Waals surface area contributed by atoms with Gasteiger partial charge in [0, 0.05) is 25.2 Å². The number of nitrogens with zero attached hydrogens (tertiary/aromatic N) is 2.